The summed E-state index contributed by atoms with van der Waals surface area (Å²) < 4.78 is 6.83. The van der Waals surface area contributed by atoms with Crippen LogP contribution in [-0.2, 0) is 0 Å². The first-order valence-electron chi connectivity index (χ1n) is 9.56. The number of halogens is 1. The van der Waals surface area contributed by atoms with E-state index in [9.17, 15) is 0 Å². The van der Waals surface area contributed by atoms with Gasteiger partial charge in [0.2, 0.25) is 0 Å². The Labute approximate surface area is 163 Å². The molecule has 2 aromatic rings. The summed E-state index contributed by atoms with van der Waals surface area (Å²) in [5, 5.41) is 4.27. The van der Waals surface area contributed by atoms with Gasteiger partial charge in [0.05, 0.1) is 17.8 Å². The second kappa shape index (κ2) is 7.80. The maximum atomic E-state index is 5.70. The molecule has 3 unspecified atom stereocenters. The molecule has 1 aromatic carbocycles. The van der Waals surface area contributed by atoms with Crippen molar-refractivity contribution in [3.8, 4) is 0 Å². The van der Waals surface area contributed by atoms with Gasteiger partial charge in [-0.05, 0) is 43.0 Å². The molecule has 2 saturated heterocycles. The van der Waals surface area contributed by atoms with Gasteiger partial charge in [-0.25, -0.2) is 5.43 Å². The van der Waals surface area contributed by atoms with Gasteiger partial charge in [-0.3, -0.25) is 10.3 Å². The van der Waals surface area contributed by atoms with Gasteiger partial charge in [0, 0.05) is 29.5 Å². The number of nitrogens with one attached hydrogen (secondary N) is 2. The molecule has 0 aliphatic carbocycles. The Morgan fingerprint density at radius 1 is 1.35 bits per heavy atom. The smallest absolute Gasteiger partial charge is 0.154 e. The molecule has 6 heteroatoms. The van der Waals surface area contributed by atoms with Crippen LogP contribution in [0.2, 0.25) is 0 Å². The zero-order chi connectivity index (χ0) is 18.1. The number of benzene rings is 1. The van der Waals surface area contributed by atoms with Gasteiger partial charge >= 0.3 is 0 Å². The van der Waals surface area contributed by atoms with E-state index in [1.807, 2.05) is 0 Å². The lowest BCUT2D eigenvalue weighted by Crippen LogP contribution is -2.32. The molecule has 3 atom stereocenters. The zero-order valence-electron chi connectivity index (χ0n) is 15.4. The largest absolute Gasteiger partial charge is 0.359 e. The molecule has 0 amide bonds. The highest BCUT2D eigenvalue weighted by molar-refractivity contribution is 9.10. The van der Waals surface area contributed by atoms with Crippen molar-refractivity contribution in [2.45, 2.75) is 44.7 Å². The van der Waals surface area contributed by atoms with Gasteiger partial charge in [0.15, 0.2) is 5.76 Å². The van der Waals surface area contributed by atoms with Crippen molar-refractivity contribution in [3.05, 3.63) is 51.8 Å². The molecule has 5 nitrogen and oxygen atoms in total. The maximum Gasteiger partial charge on any atom is 0.154 e. The summed E-state index contributed by atoms with van der Waals surface area (Å²) in [5.74, 6) is 1.97. The predicted molar refractivity (Wildman–Crippen MR) is 106 cm³/mol. The third-order valence-electron chi connectivity index (χ3n) is 5.60. The second-order valence-electron chi connectivity index (χ2n) is 7.78. The second-order valence-corrected chi connectivity index (χ2v) is 8.70. The van der Waals surface area contributed by atoms with Crippen molar-refractivity contribution in [2.24, 2.45) is 5.92 Å². The molecule has 0 radical (unpaired) electrons. The normalized spacial score (nSPS) is 26.8. The van der Waals surface area contributed by atoms with Crippen molar-refractivity contribution < 1.29 is 4.52 Å². The fourth-order valence-corrected chi connectivity index (χ4v) is 4.58. The lowest BCUT2D eigenvalue weighted by atomic mass is 9.94. The molecule has 2 aliphatic rings. The lowest BCUT2D eigenvalue weighted by molar-refractivity contribution is 0.182. The molecule has 3 heterocycles. The highest BCUT2D eigenvalue weighted by atomic mass is 79.9. The molecule has 2 aliphatic heterocycles. The number of rotatable bonds is 5. The molecular weight excluding hydrogens is 392 g/mol. The van der Waals surface area contributed by atoms with Gasteiger partial charge in [-0.15, -0.1) is 0 Å². The Morgan fingerprint density at radius 2 is 2.23 bits per heavy atom. The summed E-state index contributed by atoms with van der Waals surface area (Å²) in [5.41, 5.74) is 9.21. The van der Waals surface area contributed by atoms with Crippen LogP contribution >= 0.6 is 15.9 Å². The summed E-state index contributed by atoms with van der Waals surface area (Å²) in [4.78, 5) is 2.58. The first kappa shape index (κ1) is 18.2. The first-order valence-corrected chi connectivity index (χ1v) is 10.4. The van der Waals surface area contributed by atoms with E-state index in [1.165, 1.54) is 12.0 Å². The van der Waals surface area contributed by atoms with E-state index in [1.54, 1.807) is 0 Å². The Balaban J connectivity index is 1.48. The molecule has 0 spiro atoms. The van der Waals surface area contributed by atoms with Crippen molar-refractivity contribution in [1.82, 2.24) is 20.9 Å². The Morgan fingerprint density at radius 3 is 3.00 bits per heavy atom. The third kappa shape index (κ3) is 3.74. The van der Waals surface area contributed by atoms with Crippen LogP contribution in [0.4, 0.5) is 0 Å². The highest BCUT2D eigenvalue weighted by Crippen LogP contribution is 2.36. The molecule has 4 rings (SSSR count). The minimum atomic E-state index is 0.328. The van der Waals surface area contributed by atoms with Gasteiger partial charge in [-0.1, -0.05) is 47.1 Å². The van der Waals surface area contributed by atoms with Gasteiger partial charge < -0.3 is 4.52 Å². The number of hydrogen-bond donors (Lipinski definition) is 2. The van der Waals surface area contributed by atoms with Crippen LogP contribution in [0.1, 0.15) is 61.7 Å². The SMILES string of the molecule is CC(C)c1cc(C2CCCN2CC2CNNC2c2cccc(Br)c2)on1. The van der Waals surface area contributed by atoms with E-state index in [0.717, 1.165) is 42.0 Å². The third-order valence-corrected chi connectivity index (χ3v) is 6.09. The van der Waals surface area contributed by atoms with Crippen molar-refractivity contribution in [2.75, 3.05) is 19.6 Å². The van der Waals surface area contributed by atoms with Crippen molar-refractivity contribution in [1.29, 1.82) is 0 Å². The number of likely N-dealkylation sites (tertiary alicyclic amines) is 1. The number of hydrazine groups is 1. The molecular formula is C20H27BrN4O. The van der Waals surface area contributed by atoms with E-state index in [0.29, 0.717) is 23.9 Å². The maximum absolute atomic E-state index is 5.70. The quantitative estimate of drug-likeness (QED) is 0.762. The minimum Gasteiger partial charge on any atom is -0.359 e. The van der Waals surface area contributed by atoms with E-state index in [2.05, 4.69) is 81.0 Å². The topological polar surface area (TPSA) is 53.3 Å². The van der Waals surface area contributed by atoms with Crippen molar-refractivity contribution in [3.63, 3.8) is 0 Å². The molecule has 0 saturated carbocycles. The average molecular weight is 419 g/mol. The molecule has 2 N–H and O–H groups in total. The fraction of sp³-hybridized carbons (Fsp3) is 0.550. The lowest BCUT2D eigenvalue weighted by Gasteiger charge is -2.28. The molecule has 26 heavy (non-hydrogen) atoms. The van der Waals surface area contributed by atoms with Crippen molar-refractivity contribution >= 4 is 15.9 Å². The van der Waals surface area contributed by atoms with Gasteiger partial charge in [0.1, 0.15) is 0 Å². The Bertz CT molecular complexity index is 747. The number of aromatic nitrogens is 1. The summed E-state index contributed by atoms with van der Waals surface area (Å²) >= 11 is 3.59. The van der Waals surface area contributed by atoms with Crippen LogP contribution in [0.5, 0.6) is 0 Å². The van der Waals surface area contributed by atoms with Crippen LogP contribution in [0.25, 0.3) is 0 Å². The standard InChI is InChI=1S/C20H27BrN4O/c1-13(2)17-10-19(26-24-17)18-7-4-8-25(18)12-15-11-22-23-20(15)14-5-3-6-16(21)9-14/h3,5-6,9-10,13,15,18,20,22-23H,4,7-8,11-12H2,1-2H3. The van der Waals surface area contributed by atoms with Crippen LogP contribution in [0, 0.1) is 5.92 Å². The average Bonchev–Trinajstić information content (AvgIpc) is 3.35. The number of hydrogen-bond acceptors (Lipinski definition) is 5. The Kier molecular flexibility index (Phi) is 5.45. The van der Waals surface area contributed by atoms with Crippen LogP contribution in [0.15, 0.2) is 39.3 Å². The predicted octanol–water partition coefficient (Wildman–Crippen LogP) is 4.16. The van der Waals surface area contributed by atoms with E-state index in [4.69, 9.17) is 4.52 Å². The Hall–Kier alpha value is -1.21. The van der Waals surface area contributed by atoms with E-state index < -0.39 is 0 Å². The van der Waals surface area contributed by atoms with Gasteiger partial charge in [0.25, 0.3) is 0 Å². The highest BCUT2D eigenvalue weighted by Gasteiger charge is 2.35. The minimum absolute atomic E-state index is 0.328. The monoisotopic (exact) mass is 418 g/mol. The first-order chi connectivity index (χ1) is 12.6. The summed E-state index contributed by atoms with van der Waals surface area (Å²) in [6.07, 6.45) is 2.37. The molecule has 0 bridgehead atoms. The number of nitrogens with zero attached hydrogens (tertiary/aromatic N) is 2. The van der Waals surface area contributed by atoms with Crippen LogP contribution < -0.4 is 10.9 Å². The van der Waals surface area contributed by atoms with E-state index in [-0.39, 0.29) is 0 Å². The van der Waals surface area contributed by atoms with Gasteiger partial charge in [-0.2, -0.15) is 0 Å². The molecule has 2 fully saturated rings. The van der Waals surface area contributed by atoms with E-state index >= 15 is 0 Å². The summed E-state index contributed by atoms with van der Waals surface area (Å²) in [6, 6.07) is 11.4. The molecule has 140 valence electrons. The summed E-state index contributed by atoms with van der Waals surface area (Å²) in [6.45, 7) is 7.48. The fourth-order valence-electron chi connectivity index (χ4n) is 4.16. The zero-order valence-corrected chi connectivity index (χ0v) is 17.0. The van der Waals surface area contributed by atoms with Crippen LogP contribution in [-0.4, -0.2) is 29.7 Å². The summed E-state index contributed by atoms with van der Waals surface area (Å²) in [7, 11) is 0. The molecule has 1 aromatic heterocycles. The van der Waals surface area contributed by atoms with Crippen LogP contribution in [0.3, 0.4) is 0 Å².